The van der Waals surface area contributed by atoms with Gasteiger partial charge in [0.15, 0.2) is 0 Å². The summed E-state index contributed by atoms with van der Waals surface area (Å²) in [6.07, 6.45) is 15.2. The van der Waals surface area contributed by atoms with Crippen LogP contribution in [0, 0.1) is 0 Å². The normalized spacial score (nSPS) is 19.5. The summed E-state index contributed by atoms with van der Waals surface area (Å²) in [5.41, 5.74) is 6.57. The zero-order valence-corrected chi connectivity index (χ0v) is 18.9. The standard InChI is InChI=1S/C23H32N8O2/c1-2-20(32)30-11-7-10-18(15-30)31-14-17(12-26-31)28-23-25-13-19(21(24)33)22(29-23)27-16-8-5-3-4-6-9-16/h2,12-14,16,18H,1,3-11,15H2,(H2,24,33)(H2,25,27,28,29)/t18-/m1/s1. The second-order valence-corrected chi connectivity index (χ2v) is 8.77. The highest BCUT2D eigenvalue weighted by atomic mass is 16.2. The molecular weight excluding hydrogens is 420 g/mol. The van der Waals surface area contributed by atoms with Gasteiger partial charge < -0.3 is 21.3 Å². The molecule has 2 aromatic heterocycles. The summed E-state index contributed by atoms with van der Waals surface area (Å²) in [5.74, 6) is 0.219. The Hall–Kier alpha value is -3.43. The number of amides is 2. The number of likely N-dealkylation sites (tertiary alicyclic amines) is 1. The molecule has 0 unspecified atom stereocenters. The van der Waals surface area contributed by atoms with Crippen molar-refractivity contribution < 1.29 is 9.59 Å². The maximum absolute atomic E-state index is 12.0. The Kier molecular flexibility index (Phi) is 7.21. The number of nitrogens with zero attached hydrogens (tertiary/aromatic N) is 5. The lowest BCUT2D eigenvalue weighted by Gasteiger charge is -2.32. The summed E-state index contributed by atoms with van der Waals surface area (Å²) in [6, 6.07) is 0.368. The van der Waals surface area contributed by atoms with Gasteiger partial charge in [-0.05, 0) is 31.8 Å². The summed E-state index contributed by atoms with van der Waals surface area (Å²) in [4.78, 5) is 34.5. The zero-order chi connectivity index (χ0) is 23.2. The predicted octanol–water partition coefficient (Wildman–Crippen LogP) is 3.00. The molecule has 1 aliphatic carbocycles. The van der Waals surface area contributed by atoms with Gasteiger partial charge in [-0.15, -0.1) is 0 Å². The van der Waals surface area contributed by atoms with E-state index < -0.39 is 5.91 Å². The van der Waals surface area contributed by atoms with Crippen LogP contribution in [0.2, 0.25) is 0 Å². The van der Waals surface area contributed by atoms with Gasteiger partial charge in [0.25, 0.3) is 5.91 Å². The lowest BCUT2D eigenvalue weighted by atomic mass is 10.1. The van der Waals surface area contributed by atoms with Crippen LogP contribution < -0.4 is 16.4 Å². The fraction of sp³-hybridized carbons (Fsp3) is 0.522. The lowest BCUT2D eigenvalue weighted by Crippen LogP contribution is -2.39. The zero-order valence-electron chi connectivity index (χ0n) is 18.9. The molecule has 4 N–H and O–H groups in total. The van der Waals surface area contributed by atoms with Crippen LogP contribution in [0.5, 0.6) is 0 Å². The van der Waals surface area contributed by atoms with Crippen LogP contribution in [0.3, 0.4) is 0 Å². The number of carbonyl (C=O) groups excluding carboxylic acids is 2. The van der Waals surface area contributed by atoms with Crippen molar-refractivity contribution in [1.29, 1.82) is 0 Å². The summed E-state index contributed by atoms with van der Waals surface area (Å²) >= 11 is 0. The monoisotopic (exact) mass is 452 g/mol. The highest BCUT2D eigenvalue weighted by Crippen LogP contribution is 2.25. The fourth-order valence-electron chi connectivity index (χ4n) is 4.58. The minimum absolute atomic E-state index is 0.0538. The number of hydrogen-bond acceptors (Lipinski definition) is 7. The molecular formula is C23H32N8O2. The molecule has 1 aliphatic heterocycles. The number of rotatable bonds is 7. The molecule has 3 heterocycles. The summed E-state index contributed by atoms with van der Waals surface area (Å²) in [6.45, 7) is 4.92. The van der Waals surface area contributed by atoms with E-state index in [2.05, 4.69) is 32.3 Å². The number of piperidine rings is 1. The predicted molar refractivity (Wildman–Crippen MR) is 126 cm³/mol. The molecule has 2 fully saturated rings. The molecule has 10 nitrogen and oxygen atoms in total. The molecule has 0 bridgehead atoms. The first-order chi connectivity index (χ1) is 16.0. The Balaban J connectivity index is 1.46. The van der Waals surface area contributed by atoms with Gasteiger partial charge in [0.1, 0.15) is 5.82 Å². The first-order valence-corrected chi connectivity index (χ1v) is 11.7. The Bertz CT molecular complexity index is 996. The van der Waals surface area contributed by atoms with E-state index in [9.17, 15) is 9.59 Å². The molecule has 2 aliphatic rings. The van der Waals surface area contributed by atoms with Gasteiger partial charge in [0.05, 0.1) is 23.5 Å². The van der Waals surface area contributed by atoms with E-state index in [0.717, 1.165) is 50.8 Å². The lowest BCUT2D eigenvalue weighted by molar-refractivity contribution is -0.127. The Morgan fingerprint density at radius 2 is 1.91 bits per heavy atom. The second kappa shape index (κ2) is 10.5. The van der Waals surface area contributed by atoms with Crippen LogP contribution in [-0.2, 0) is 4.79 Å². The number of hydrogen-bond donors (Lipinski definition) is 3. The molecule has 1 saturated heterocycles. The third-order valence-electron chi connectivity index (χ3n) is 6.36. The highest BCUT2D eigenvalue weighted by molar-refractivity contribution is 5.97. The number of aromatic nitrogens is 4. The van der Waals surface area contributed by atoms with Crippen LogP contribution in [0.1, 0.15) is 67.8 Å². The van der Waals surface area contributed by atoms with Crippen LogP contribution in [0.15, 0.2) is 31.2 Å². The van der Waals surface area contributed by atoms with E-state index >= 15 is 0 Å². The number of nitrogens with one attached hydrogen (secondary N) is 2. The van der Waals surface area contributed by atoms with Crippen LogP contribution in [0.25, 0.3) is 0 Å². The summed E-state index contributed by atoms with van der Waals surface area (Å²) < 4.78 is 1.87. The molecule has 2 aromatic rings. The van der Waals surface area contributed by atoms with Crippen molar-refractivity contribution in [3.8, 4) is 0 Å². The van der Waals surface area contributed by atoms with Crippen molar-refractivity contribution in [2.75, 3.05) is 23.7 Å². The van der Waals surface area contributed by atoms with Crippen molar-refractivity contribution in [2.24, 2.45) is 5.73 Å². The van der Waals surface area contributed by atoms with Crippen LogP contribution >= 0.6 is 0 Å². The van der Waals surface area contributed by atoms with Crippen molar-refractivity contribution in [1.82, 2.24) is 24.6 Å². The minimum Gasteiger partial charge on any atom is -0.367 e. The number of nitrogens with two attached hydrogens (primary N) is 1. The Morgan fingerprint density at radius 3 is 2.64 bits per heavy atom. The van der Waals surface area contributed by atoms with Crippen molar-refractivity contribution >= 4 is 29.3 Å². The van der Waals surface area contributed by atoms with E-state index in [1.165, 1.54) is 25.1 Å². The van der Waals surface area contributed by atoms with Gasteiger partial charge in [-0.1, -0.05) is 32.3 Å². The first-order valence-electron chi connectivity index (χ1n) is 11.7. The molecule has 33 heavy (non-hydrogen) atoms. The summed E-state index contributed by atoms with van der Waals surface area (Å²) in [7, 11) is 0. The second-order valence-electron chi connectivity index (χ2n) is 8.77. The van der Waals surface area contributed by atoms with E-state index in [0.29, 0.717) is 18.3 Å². The van der Waals surface area contributed by atoms with E-state index in [1.54, 1.807) is 11.1 Å². The number of carbonyl (C=O) groups is 2. The molecule has 176 valence electrons. The quantitative estimate of drug-likeness (QED) is 0.435. The van der Waals surface area contributed by atoms with E-state index in [-0.39, 0.29) is 23.6 Å². The molecule has 0 spiro atoms. The Labute approximate surface area is 193 Å². The van der Waals surface area contributed by atoms with Gasteiger partial charge >= 0.3 is 0 Å². The van der Waals surface area contributed by atoms with E-state index in [1.807, 2.05) is 10.9 Å². The molecule has 1 atom stereocenters. The first kappa shape index (κ1) is 22.8. The van der Waals surface area contributed by atoms with Gasteiger partial charge in [0.2, 0.25) is 11.9 Å². The van der Waals surface area contributed by atoms with Gasteiger partial charge in [-0.25, -0.2) is 4.98 Å². The largest absolute Gasteiger partial charge is 0.367 e. The smallest absolute Gasteiger partial charge is 0.254 e. The molecule has 1 saturated carbocycles. The molecule has 0 aromatic carbocycles. The van der Waals surface area contributed by atoms with Crippen molar-refractivity contribution in [3.63, 3.8) is 0 Å². The molecule has 4 rings (SSSR count). The van der Waals surface area contributed by atoms with E-state index in [4.69, 9.17) is 5.73 Å². The summed E-state index contributed by atoms with van der Waals surface area (Å²) in [5, 5.41) is 11.1. The average Bonchev–Trinajstić information content (AvgIpc) is 3.13. The maximum Gasteiger partial charge on any atom is 0.254 e. The number of primary amides is 1. The molecule has 10 heteroatoms. The minimum atomic E-state index is -0.554. The van der Waals surface area contributed by atoms with Crippen molar-refractivity contribution in [2.45, 2.75) is 63.5 Å². The van der Waals surface area contributed by atoms with Gasteiger partial charge in [-0.3, -0.25) is 14.3 Å². The van der Waals surface area contributed by atoms with Gasteiger partial charge in [-0.2, -0.15) is 10.1 Å². The van der Waals surface area contributed by atoms with Crippen LogP contribution in [-0.4, -0.2) is 55.6 Å². The van der Waals surface area contributed by atoms with Crippen LogP contribution in [0.4, 0.5) is 17.5 Å². The Morgan fingerprint density at radius 1 is 1.12 bits per heavy atom. The highest BCUT2D eigenvalue weighted by Gasteiger charge is 2.24. The number of anilines is 3. The fourth-order valence-corrected chi connectivity index (χ4v) is 4.58. The third-order valence-corrected chi connectivity index (χ3v) is 6.36. The average molecular weight is 453 g/mol. The van der Waals surface area contributed by atoms with Gasteiger partial charge in [0, 0.05) is 31.5 Å². The van der Waals surface area contributed by atoms with Crippen molar-refractivity contribution in [3.05, 3.63) is 36.8 Å². The third kappa shape index (κ3) is 5.68. The molecule has 2 amide bonds. The SMILES string of the molecule is C=CC(=O)N1CCC[C@@H](n2cc(Nc3ncc(C(N)=O)c(NC4CCCCCC4)n3)cn2)C1. The maximum atomic E-state index is 12.0. The molecule has 0 radical (unpaired) electrons. The topological polar surface area (TPSA) is 131 Å².